The number of rotatable bonds is 14. The number of carbonyl (C=O) groups is 2. The molecule has 2 unspecified atom stereocenters. The molecule has 2 aromatic rings. The Morgan fingerprint density at radius 2 is 1.86 bits per heavy atom. The summed E-state index contributed by atoms with van der Waals surface area (Å²) >= 11 is 6.37. The van der Waals surface area contributed by atoms with E-state index in [1.807, 2.05) is 0 Å². The predicted molar refractivity (Wildman–Crippen MR) is 178 cm³/mol. The van der Waals surface area contributed by atoms with Crippen LogP contribution in [0.4, 0.5) is 10.6 Å². The fourth-order valence-electron chi connectivity index (χ4n) is 6.50. The van der Waals surface area contributed by atoms with Crippen LogP contribution in [0.25, 0.3) is 11.0 Å². The van der Waals surface area contributed by atoms with Gasteiger partial charge in [0.2, 0.25) is 5.28 Å². The van der Waals surface area contributed by atoms with E-state index in [1.165, 1.54) is 36.7 Å². The maximum Gasteiger partial charge on any atom is 0.413 e. The molecule has 3 aliphatic rings. The molecular formula is C28H43ClN7O12PS. The molecule has 2 aliphatic heterocycles. The van der Waals surface area contributed by atoms with Crippen LogP contribution in [0.2, 0.25) is 5.28 Å². The van der Waals surface area contributed by atoms with Crippen molar-refractivity contribution in [1.82, 2.24) is 19.7 Å². The Morgan fingerprint density at radius 1 is 1.22 bits per heavy atom. The van der Waals surface area contributed by atoms with Crippen LogP contribution in [-0.2, 0) is 52.0 Å². The molecule has 3 fully saturated rings. The smallest absolute Gasteiger partial charge is 0.413 e. The van der Waals surface area contributed by atoms with Crippen molar-refractivity contribution >= 4 is 58.0 Å². The number of carboxylic acid groups (broad SMARTS) is 1. The fourth-order valence-corrected chi connectivity index (χ4v) is 9.18. The fraction of sp³-hybridized carbons (Fsp3) is 0.750. The number of hydrogen-bond acceptors (Lipinski definition) is 14. The van der Waals surface area contributed by atoms with Crippen molar-refractivity contribution < 1.29 is 56.2 Å². The van der Waals surface area contributed by atoms with Crippen LogP contribution in [0.3, 0.4) is 0 Å². The Labute approximate surface area is 294 Å². The molecule has 22 heteroatoms. The SMILES string of the molecule is CCOP(=O)(OCC)C(COC)(OC[C@H]1O[C@@H](n2ncc3c(N(C(=O)O)C4CCCC4)nc(Cl)nc32)[C@@H]2OC(C)(C)O[C@@H]21)C(=O)N=S(C)(N)=O. The Balaban J connectivity index is 1.54. The Bertz CT molecular complexity index is 1750. The minimum atomic E-state index is -4.56. The third-order valence-electron chi connectivity index (χ3n) is 8.36. The maximum atomic E-state index is 14.3. The summed E-state index contributed by atoms with van der Waals surface area (Å²) in [5, 5.41) is 17.8. The highest BCUT2D eigenvalue weighted by atomic mass is 35.5. The summed E-state index contributed by atoms with van der Waals surface area (Å²) in [6, 6.07) is -0.294. The number of amides is 2. The van der Waals surface area contributed by atoms with Gasteiger partial charge < -0.3 is 37.8 Å². The predicted octanol–water partition coefficient (Wildman–Crippen LogP) is 3.45. The second-order valence-electron chi connectivity index (χ2n) is 12.5. The summed E-state index contributed by atoms with van der Waals surface area (Å²) in [5.41, 5.74) is 0.170. The lowest BCUT2D eigenvalue weighted by atomic mass is 10.1. The molecule has 5 rings (SSSR count). The number of ether oxygens (including phenoxy) is 5. The molecule has 0 radical (unpaired) electrons. The van der Waals surface area contributed by atoms with Crippen molar-refractivity contribution in [3.8, 4) is 0 Å². The summed E-state index contributed by atoms with van der Waals surface area (Å²) in [4.78, 5) is 36.0. The van der Waals surface area contributed by atoms with Crippen LogP contribution < -0.4 is 10.0 Å². The van der Waals surface area contributed by atoms with Gasteiger partial charge in [0.25, 0.3) is 5.34 Å². The van der Waals surface area contributed by atoms with Gasteiger partial charge in [-0.2, -0.15) is 15.1 Å². The minimum Gasteiger partial charge on any atom is -0.465 e. The molecule has 2 amide bonds. The van der Waals surface area contributed by atoms with Gasteiger partial charge in [0.1, 0.15) is 28.2 Å². The van der Waals surface area contributed by atoms with E-state index < -0.39 is 78.4 Å². The van der Waals surface area contributed by atoms with Crippen LogP contribution in [0.5, 0.6) is 0 Å². The van der Waals surface area contributed by atoms with Crippen molar-refractivity contribution in [1.29, 1.82) is 0 Å². The summed E-state index contributed by atoms with van der Waals surface area (Å²) in [6.07, 6.45) is 0.595. The summed E-state index contributed by atoms with van der Waals surface area (Å²) in [5.74, 6) is -2.31. The van der Waals surface area contributed by atoms with Crippen LogP contribution in [0.1, 0.15) is 59.6 Å². The average molecular weight is 768 g/mol. The highest BCUT2D eigenvalue weighted by Gasteiger charge is 2.62. The second kappa shape index (κ2) is 14.9. The molecule has 280 valence electrons. The molecule has 4 heterocycles. The third kappa shape index (κ3) is 7.57. The van der Waals surface area contributed by atoms with Crippen LogP contribution >= 0.6 is 19.2 Å². The van der Waals surface area contributed by atoms with Crippen LogP contribution in [-0.4, -0.2) is 116 Å². The zero-order chi connectivity index (χ0) is 36.6. The first-order chi connectivity index (χ1) is 23.5. The van der Waals surface area contributed by atoms with Crippen molar-refractivity contribution in [3.05, 3.63) is 11.5 Å². The van der Waals surface area contributed by atoms with E-state index in [0.717, 1.165) is 19.1 Å². The molecule has 6 atom stereocenters. The minimum absolute atomic E-state index is 0.0885. The number of hydrogen-bond donors (Lipinski definition) is 2. The first-order valence-electron chi connectivity index (χ1n) is 16.0. The maximum absolute atomic E-state index is 14.3. The van der Waals surface area contributed by atoms with Gasteiger partial charge >= 0.3 is 19.6 Å². The third-order valence-corrected chi connectivity index (χ3v) is 11.6. The van der Waals surface area contributed by atoms with Gasteiger partial charge in [0.05, 0.1) is 38.0 Å². The number of halogens is 1. The normalized spacial score (nSPS) is 26.1. The first kappa shape index (κ1) is 38.9. The van der Waals surface area contributed by atoms with Gasteiger partial charge in [-0.15, -0.1) is 4.36 Å². The van der Waals surface area contributed by atoms with Crippen molar-refractivity contribution in [3.63, 3.8) is 0 Å². The molecule has 19 nitrogen and oxygen atoms in total. The van der Waals surface area contributed by atoms with Gasteiger partial charge in [-0.1, -0.05) is 12.8 Å². The first-order valence-corrected chi connectivity index (χ1v) is 19.9. The molecule has 2 saturated heterocycles. The van der Waals surface area contributed by atoms with Crippen molar-refractivity contribution in [2.75, 3.05) is 44.7 Å². The van der Waals surface area contributed by atoms with E-state index in [9.17, 15) is 23.5 Å². The van der Waals surface area contributed by atoms with E-state index >= 15 is 0 Å². The van der Waals surface area contributed by atoms with Gasteiger partial charge in [-0.3, -0.25) is 14.3 Å². The number of nitrogens with two attached hydrogens (primary N) is 1. The van der Waals surface area contributed by atoms with E-state index in [-0.39, 0.29) is 36.0 Å². The zero-order valence-electron chi connectivity index (χ0n) is 28.6. The van der Waals surface area contributed by atoms with Gasteiger partial charge in [-0.25, -0.2) is 18.8 Å². The molecular weight excluding hydrogens is 725 g/mol. The van der Waals surface area contributed by atoms with Crippen molar-refractivity contribution in [2.24, 2.45) is 9.50 Å². The lowest BCUT2D eigenvalue weighted by Gasteiger charge is -2.36. The Hall–Kier alpha value is -2.36. The number of fused-ring (bicyclic) bond motifs is 2. The molecule has 0 aromatic carbocycles. The zero-order valence-corrected chi connectivity index (χ0v) is 31.0. The van der Waals surface area contributed by atoms with E-state index in [1.54, 1.807) is 13.8 Å². The molecule has 3 N–H and O–H groups in total. The van der Waals surface area contributed by atoms with Crippen molar-refractivity contribution in [2.45, 2.75) is 95.1 Å². The highest BCUT2D eigenvalue weighted by Crippen LogP contribution is 2.61. The molecule has 2 aromatic heterocycles. The van der Waals surface area contributed by atoms with Gasteiger partial charge in [0.15, 0.2) is 23.5 Å². The van der Waals surface area contributed by atoms with Crippen LogP contribution in [0, 0.1) is 0 Å². The quantitative estimate of drug-likeness (QED) is 0.207. The standard InChI is InChI=1S/C28H43ClN7O12PS/c1-7-44-49(40,45-8-2)28(15-42-5,24(37)34-50(6,30)41)43-14-18-19-20(48-27(3,4)47-19)23(46-18)36-22-17(13-31-36)21(32-25(29)33-22)35(26(38)39)16-11-9-10-12-16/h13,16,18-20,23H,7-12,14-15H2,1-6H3,(H,38,39)(H2,30,34,37,41)/t18-,19-,20-,23-,28?,50?/m1/s1. The second-order valence-corrected chi connectivity index (χ2v) is 17.0. The molecule has 1 saturated carbocycles. The number of methoxy groups -OCH3 is 1. The number of nitrogens with zero attached hydrogens (tertiary/aromatic N) is 6. The number of aromatic nitrogens is 4. The van der Waals surface area contributed by atoms with Gasteiger partial charge in [-0.05, 0) is 52.1 Å². The molecule has 0 spiro atoms. The molecule has 0 bridgehead atoms. The van der Waals surface area contributed by atoms with Gasteiger partial charge in [0, 0.05) is 19.4 Å². The Morgan fingerprint density at radius 3 is 2.44 bits per heavy atom. The average Bonchev–Trinajstić information content (AvgIpc) is 3.79. The highest BCUT2D eigenvalue weighted by molar-refractivity contribution is 7.91. The number of carbonyl (C=O) groups excluding carboxylic acids is 1. The van der Waals surface area contributed by atoms with E-state index in [0.29, 0.717) is 18.2 Å². The van der Waals surface area contributed by atoms with E-state index in [4.69, 9.17) is 49.5 Å². The van der Waals surface area contributed by atoms with E-state index in [2.05, 4.69) is 19.4 Å². The monoisotopic (exact) mass is 767 g/mol. The topological polar surface area (TPSA) is 238 Å². The number of anilines is 1. The lowest BCUT2D eigenvalue weighted by Crippen LogP contribution is -2.49. The van der Waals surface area contributed by atoms with Crippen LogP contribution in [0.15, 0.2) is 10.6 Å². The molecule has 50 heavy (non-hydrogen) atoms. The Kier molecular flexibility index (Phi) is 11.6. The summed E-state index contributed by atoms with van der Waals surface area (Å²) in [6.45, 7) is 4.99. The largest absolute Gasteiger partial charge is 0.465 e. The lowest BCUT2D eigenvalue weighted by molar-refractivity contribution is -0.207. The summed E-state index contributed by atoms with van der Waals surface area (Å²) < 4.78 is 73.0. The molecule has 1 aliphatic carbocycles. The summed E-state index contributed by atoms with van der Waals surface area (Å²) in [7, 11) is -6.89.